The van der Waals surface area contributed by atoms with E-state index in [1.165, 1.54) is 11.1 Å². The zero-order valence-electron chi connectivity index (χ0n) is 29.4. The van der Waals surface area contributed by atoms with Crippen molar-refractivity contribution in [1.82, 2.24) is 18.9 Å². The number of phenols is 1. The molecule has 0 radical (unpaired) electrons. The van der Waals surface area contributed by atoms with Crippen molar-refractivity contribution in [2.24, 2.45) is 14.1 Å². The molecule has 1 aliphatic heterocycles. The number of benzene rings is 3. The van der Waals surface area contributed by atoms with Gasteiger partial charge in [-0.25, -0.2) is 0 Å². The Morgan fingerprint density at radius 1 is 0.939 bits per heavy atom. The number of hydrogen-bond acceptors (Lipinski definition) is 5. The highest BCUT2D eigenvalue weighted by Gasteiger charge is 2.32. The van der Waals surface area contributed by atoms with Crippen molar-refractivity contribution in [3.8, 4) is 17.0 Å². The van der Waals surface area contributed by atoms with E-state index in [1.807, 2.05) is 55.1 Å². The van der Waals surface area contributed by atoms with Crippen LogP contribution in [-0.4, -0.2) is 56.6 Å². The SMILES string of the molecule is Cc1c(N(Cc2cc(-c3cc(Cl)ccc3C(=O)N3Cc4ccccc4C[C@H]3CCCN(C)C)n(C)c2C)c2ccc(O)cc2)cc(N)n1C. The summed E-state index contributed by atoms with van der Waals surface area (Å²) in [5, 5.41) is 10.6. The van der Waals surface area contributed by atoms with Gasteiger partial charge in [0.2, 0.25) is 0 Å². The summed E-state index contributed by atoms with van der Waals surface area (Å²) in [6.45, 7) is 6.28. The topological polar surface area (TPSA) is 82.9 Å². The second-order valence-corrected chi connectivity index (χ2v) is 14.0. The Balaban J connectivity index is 1.38. The molecule has 3 N–H and O–H groups in total. The third kappa shape index (κ3) is 6.94. The molecule has 1 amide bonds. The van der Waals surface area contributed by atoms with Crippen LogP contribution in [-0.2, 0) is 33.6 Å². The molecule has 0 saturated heterocycles. The molecule has 0 saturated carbocycles. The van der Waals surface area contributed by atoms with Crippen LogP contribution in [0.3, 0.4) is 0 Å². The number of nitrogens with two attached hydrogens (primary N) is 1. The molecule has 5 aromatic rings. The summed E-state index contributed by atoms with van der Waals surface area (Å²) >= 11 is 6.66. The summed E-state index contributed by atoms with van der Waals surface area (Å²) in [6, 6.07) is 25.6. The summed E-state index contributed by atoms with van der Waals surface area (Å²) in [5.41, 5.74) is 16.4. The number of carbonyl (C=O) groups is 1. The first-order valence-electron chi connectivity index (χ1n) is 16.9. The van der Waals surface area contributed by atoms with Gasteiger partial charge in [0, 0.05) is 78.2 Å². The Labute approximate surface area is 294 Å². The molecule has 0 spiro atoms. The number of amides is 1. The number of anilines is 3. The first-order chi connectivity index (χ1) is 23.4. The molecule has 3 heterocycles. The molecular formula is C40H47ClN6O2. The Morgan fingerprint density at radius 2 is 1.65 bits per heavy atom. The lowest BCUT2D eigenvalue weighted by atomic mass is 9.90. The second-order valence-electron chi connectivity index (χ2n) is 13.6. The van der Waals surface area contributed by atoms with Gasteiger partial charge in [0.15, 0.2) is 0 Å². The minimum atomic E-state index is 0.0255. The average molecular weight is 679 g/mol. The van der Waals surface area contributed by atoms with E-state index in [2.05, 4.69) is 77.5 Å². The number of fused-ring (bicyclic) bond motifs is 1. The molecular weight excluding hydrogens is 632 g/mol. The number of carbonyl (C=O) groups excluding carboxylic acids is 1. The van der Waals surface area contributed by atoms with Crippen molar-refractivity contribution >= 4 is 34.7 Å². The number of rotatable bonds is 10. The van der Waals surface area contributed by atoms with Crippen LogP contribution in [0.4, 0.5) is 17.2 Å². The van der Waals surface area contributed by atoms with E-state index >= 15 is 0 Å². The van der Waals surface area contributed by atoms with Crippen molar-refractivity contribution in [1.29, 1.82) is 0 Å². The fourth-order valence-electron chi connectivity index (χ4n) is 7.08. The maximum atomic E-state index is 14.7. The Bertz CT molecular complexity index is 1980. The van der Waals surface area contributed by atoms with Gasteiger partial charge in [-0.3, -0.25) is 4.79 Å². The van der Waals surface area contributed by atoms with Gasteiger partial charge >= 0.3 is 0 Å². The second kappa shape index (κ2) is 14.1. The third-order valence-electron chi connectivity index (χ3n) is 10.2. The molecule has 0 unspecified atom stereocenters. The van der Waals surface area contributed by atoms with Gasteiger partial charge in [0.05, 0.1) is 5.69 Å². The van der Waals surface area contributed by atoms with Gasteiger partial charge in [0.25, 0.3) is 5.91 Å². The predicted molar refractivity (Wildman–Crippen MR) is 201 cm³/mol. The molecule has 3 aromatic carbocycles. The van der Waals surface area contributed by atoms with Crippen LogP contribution in [0.25, 0.3) is 11.3 Å². The predicted octanol–water partition coefficient (Wildman–Crippen LogP) is 7.84. The smallest absolute Gasteiger partial charge is 0.255 e. The van der Waals surface area contributed by atoms with E-state index in [9.17, 15) is 9.90 Å². The van der Waals surface area contributed by atoms with Crippen LogP contribution in [0, 0.1) is 13.8 Å². The third-order valence-corrected chi connectivity index (χ3v) is 10.4. The monoisotopic (exact) mass is 678 g/mol. The number of hydrogen-bond donors (Lipinski definition) is 2. The lowest BCUT2D eigenvalue weighted by Gasteiger charge is -2.38. The molecule has 0 bridgehead atoms. The summed E-state index contributed by atoms with van der Waals surface area (Å²) in [7, 11) is 8.19. The Morgan fingerprint density at radius 3 is 2.33 bits per heavy atom. The van der Waals surface area contributed by atoms with E-state index in [1.54, 1.807) is 12.1 Å². The molecule has 6 rings (SSSR count). The lowest BCUT2D eigenvalue weighted by molar-refractivity contribution is 0.0625. The molecule has 9 heteroatoms. The highest BCUT2D eigenvalue weighted by atomic mass is 35.5. The van der Waals surface area contributed by atoms with E-state index in [4.69, 9.17) is 17.3 Å². The quantitative estimate of drug-likeness (QED) is 0.157. The number of halogens is 1. The minimum Gasteiger partial charge on any atom is -0.508 e. The van der Waals surface area contributed by atoms with Crippen LogP contribution in [0.5, 0.6) is 5.75 Å². The van der Waals surface area contributed by atoms with Crippen molar-refractivity contribution < 1.29 is 9.90 Å². The summed E-state index contributed by atoms with van der Waals surface area (Å²) in [6.07, 6.45) is 2.80. The van der Waals surface area contributed by atoms with Crippen molar-refractivity contribution in [3.63, 3.8) is 0 Å². The highest BCUT2D eigenvalue weighted by Crippen LogP contribution is 2.38. The number of nitrogens with zero attached hydrogens (tertiary/aromatic N) is 5. The number of nitrogen functional groups attached to an aromatic ring is 1. The van der Waals surface area contributed by atoms with Crippen molar-refractivity contribution in [2.45, 2.75) is 52.2 Å². The maximum absolute atomic E-state index is 14.7. The van der Waals surface area contributed by atoms with Crippen LogP contribution in [0.2, 0.25) is 5.02 Å². The molecule has 0 aliphatic carbocycles. The van der Waals surface area contributed by atoms with Crippen molar-refractivity contribution in [2.75, 3.05) is 31.3 Å². The summed E-state index contributed by atoms with van der Waals surface area (Å²) in [4.78, 5) is 21.2. The first-order valence-corrected chi connectivity index (χ1v) is 17.3. The van der Waals surface area contributed by atoms with Crippen LogP contribution >= 0.6 is 11.6 Å². The van der Waals surface area contributed by atoms with Crippen LogP contribution in [0.1, 0.15) is 51.3 Å². The molecule has 0 fully saturated rings. The van der Waals surface area contributed by atoms with Gasteiger partial charge in [0.1, 0.15) is 11.6 Å². The highest BCUT2D eigenvalue weighted by molar-refractivity contribution is 6.31. The van der Waals surface area contributed by atoms with Crippen LogP contribution in [0.15, 0.2) is 78.9 Å². The zero-order valence-corrected chi connectivity index (χ0v) is 30.1. The van der Waals surface area contributed by atoms with E-state index in [0.717, 1.165) is 65.4 Å². The molecule has 2 aromatic heterocycles. The maximum Gasteiger partial charge on any atom is 0.255 e. The normalized spacial score (nSPS) is 14.4. The Hall–Kier alpha value is -4.66. The largest absolute Gasteiger partial charge is 0.508 e. The van der Waals surface area contributed by atoms with E-state index in [-0.39, 0.29) is 17.7 Å². The Kier molecular flexibility index (Phi) is 9.82. The summed E-state index contributed by atoms with van der Waals surface area (Å²) in [5.74, 6) is 0.906. The van der Waals surface area contributed by atoms with E-state index in [0.29, 0.717) is 29.5 Å². The number of phenolic OH excluding ortho intramolecular Hbond substituents is 1. The lowest BCUT2D eigenvalue weighted by Crippen LogP contribution is -2.44. The minimum absolute atomic E-state index is 0.0255. The van der Waals surface area contributed by atoms with Gasteiger partial charge in [-0.15, -0.1) is 0 Å². The number of aromatic nitrogens is 2. The molecule has 1 atom stereocenters. The van der Waals surface area contributed by atoms with E-state index < -0.39 is 0 Å². The molecule has 8 nitrogen and oxygen atoms in total. The fourth-order valence-corrected chi connectivity index (χ4v) is 7.25. The standard InChI is InChI=1S/C40H47ClN6O2/c1-26-30(25-46(32-14-16-34(48)17-15-32)37-23-39(42)45(6)27(37)2)21-38(44(26)5)36-22-31(41)13-18-35(36)40(49)47-24-29-11-8-7-10-28(29)20-33(47)12-9-19-43(3)4/h7-8,10-11,13-18,21-23,33,48H,9,12,19-20,24-25,42H2,1-6H3/t33-/m1/s1. The van der Waals surface area contributed by atoms with Gasteiger partial charge in [-0.1, -0.05) is 35.9 Å². The first kappa shape index (κ1) is 34.2. The van der Waals surface area contributed by atoms with Gasteiger partial charge in [-0.2, -0.15) is 0 Å². The zero-order chi connectivity index (χ0) is 35.0. The molecule has 49 heavy (non-hydrogen) atoms. The van der Waals surface area contributed by atoms with Crippen molar-refractivity contribution in [3.05, 3.63) is 118 Å². The average Bonchev–Trinajstić information content (AvgIpc) is 3.51. The molecule has 1 aliphatic rings. The fraction of sp³-hybridized carbons (Fsp3) is 0.325. The van der Waals surface area contributed by atoms with Gasteiger partial charge in [-0.05, 0) is 119 Å². The van der Waals surface area contributed by atoms with Crippen LogP contribution < -0.4 is 10.6 Å². The molecule has 256 valence electrons. The van der Waals surface area contributed by atoms with Gasteiger partial charge < -0.3 is 34.7 Å². The number of aromatic hydroxyl groups is 1. The summed E-state index contributed by atoms with van der Waals surface area (Å²) < 4.78 is 4.13.